The first-order chi connectivity index (χ1) is 11.2. The molecule has 5 nitrogen and oxygen atoms in total. The van der Waals surface area contributed by atoms with Gasteiger partial charge in [-0.1, -0.05) is 19.1 Å². The molecule has 0 bridgehead atoms. The normalized spacial score (nSPS) is 25.1. The molecule has 1 N–H and O–H groups in total. The van der Waals surface area contributed by atoms with Crippen LogP contribution in [0.2, 0.25) is 0 Å². The number of amides is 1. The molecule has 2 heterocycles. The number of rotatable bonds is 4. The van der Waals surface area contributed by atoms with Crippen molar-refractivity contribution in [2.24, 2.45) is 5.92 Å². The van der Waals surface area contributed by atoms with E-state index < -0.39 is 6.10 Å². The van der Waals surface area contributed by atoms with Crippen molar-refractivity contribution in [3.05, 3.63) is 24.3 Å². The van der Waals surface area contributed by atoms with Crippen molar-refractivity contribution in [1.82, 2.24) is 10.2 Å². The molecule has 2 atom stereocenters. The summed E-state index contributed by atoms with van der Waals surface area (Å²) in [5.41, 5.74) is 0. The fourth-order valence-corrected chi connectivity index (χ4v) is 3.26. The summed E-state index contributed by atoms with van der Waals surface area (Å²) in [7, 11) is 0. The van der Waals surface area contributed by atoms with Crippen LogP contribution in [0, 0.1) is 5.92 Å². The lowest BCUT2D eigenvalue weighted by Crippen LogP contribution is -2.50. The summed E-state index contributed by atoms with van der Waals surface area (Å²) in [5.74, 6) is 1.83. The number of carbonyl (C=O) groups is 1. The standard InChI is InChI=1S/C18H26N2O3/c1-3-20-10-8-14(9-11-20)12-19-18(21)17-13(2)22-15-6-4-5-7-16(15)23-17/h4-7,13-14,17H,3,8-12H2,1-2H3,(H,19,21). The summed E-state index contributed by atoms with van der Waals surface area (Å²) < 4.78 is 11.6. The fraction of sp³-hybridized carbons (Fsp3) is 0.611. The number of hydrogen-bond donors (Lipinski definition) is 1. The van der Waals surface area contributed by atoms with E-state index in [0.29, 0.717) is 17.4 Å². The quantitative estimate of drug-likeness (QED) is 0.923. The van der Waals surface area contributed by atoms with Crippen LogP contribution in [0.15, 0.2) is 24.3 Å². The monoisotopic (exact) mass is 318 g/mol. The van der Waals surface area contributed by atoms with Gasteiger partial charge in [-0.05, 0) is 57.5 Å². The van der Waals surface area contributed by atoms with Crippen molar-refractivity contribution in [2.45, 2.75) is 38.9 Å². The van der Waals surface area contributed by atoms with Crippen LogP contribution in [0.3, 0.4) is 0 Å². The van der Waals surface area contributed by atoms with Gasteiger partial charge in [0, 0.05) is 6.54 Å². The van der Waals surface area contributed by atoms with Crippen LogP contribution >= 0.6 is 0 Å². The Hall–Kier alpha value is -1.75. The van der Waals surface area contributed by atoms with E-state index >= 15 is 0 Å². The number of ether oxygens (including phenoxy) is 2. The molecule has 126 valence electrons. The minimum absolute atomic E-state index is 0.0788. The fourth-order valence-electron chi connectivity index (χ4n) is 3.26. The number of carbonyl (C=O) groups excluding carboxylic acids is 1. The highest BCUT2D eigenvalue weighted by atomic mass is 16.6. The molecule has 23 heavy (non-hydrogen) atoms. The van der Waals surface area contributed by atoms with Gasteiger partial charge in [0.15, 0.2) is 11.5 Å². The van der Waals surface area contributed by atoms with E-state index in [9.17, 15) is 4.79 Å². The van der Waals surface area contributed by atoms with Gasteiger partial charge in [-0.25, -0.2) is 0 Å². The second kappa shape index (κ2) is 7.21. The van der Waals surface area contributed by atoms with Gasteiger partial charge >= 0.3 is 0 Å². The van der Waals surface area contributed by atoms with Crippen LogP contribution in [0.4, 0.5) is 0 Å². The molecule has 5 heteroatoms. The molecule has 0 aromatic heterocycles. The van der Waals surface area contributed by atoms with Crippen LogP contribution in [0.5, 0.6) is 11.5 Å². The van der Waals surface area contributed by atoms with Crippen molar-refractivity contribution in [2.75, 3.05) is 26.2 Å². The average molecular weight is 318 g/mol. The smallest absolute Gasteiger partial charge is 0.265 e. The molecule has 1 aromatic carbocycles. The molecule has 0 saturated carbocycles. The predicted molar refractivity (Wildman–Crippen MR) is 88.8 cm³/mol. The Bertz CT molecular complexity index is 541. The Balaban J connectivity index is 1.51. The number of hydrogen-bond acceptors (Lipinski definition) is 4. The number of nitrogens with one attached hydrogen (secondary N) is 1. The lowest BCUT2D eigenvalue weighted by atomic mass is 9.96. The maximum Gasteiger partial charge on any atom is 0.265 e. The van der Waals surface area contributed by atoms with E-state index in [4.69, 9.17) is 9.47 Å². The lowest BCUT2D eigenvalue weighted by Gasteiger charge is -2.33. The van der Waals surface area contributed by atoms with Gasteiger partial charge in [0.05, 0.1) is 0 Å². The molecular weight excluding hydrogens is 292 g/mol. The van der Waals surface area contributed by atoms with Crippen molar-refractivity contribution >= 4 is 5.91 Å². The summed E-state index contributed by atoms with van der Waals surface area (Å²) in [4.78, 5) is 14.9. The van der Waals surface area contributed by atoms with E-state index in [-0.39, 0.29) is 12.0 Å². The Morgan fingerprint density at radius 3 is 2.52 bits per heavy atom. The average Bonchev–Trinajstić information content (AvgIpc) is 2.59. The zero-order valence-corrected chi connectivity index (χ0v) is 14.0. The van der Waals surface area contributed by atoms with Crippen LogP contribution in [0.1, 0.15) is 26.7 Å². The first kappa shape index (κ1) is 16.1. The summed E-state index contributed by atoms with van der Waals surface area (Å²) >= 11 is 0. The molecule has 1 saturated heterocycles. The van der Waals surface area contributed by atoms with Gasteiger partial charge in [-0.3, -0.25) is 4.79 Å². The van der Waals surface area contributed by atoms with E-state index in [0.717, 1.165) is 39.0 Å². The molecule has 1 amide bonds. The van der Waals surface area contributed by atoms with Crippen molar-refractivity contribution in [3.8, 4) is 11.5 Å². The molecule has 1 fully saturated rings. The van der Waals surface area contributed by atoms with E-state index in [2.05, 4.69) is 17.1 Å². The van der Waals surface area contributed by atoms with Gasteiger partial charge in [-0.2, -0.15) is 0 Å². The van der Waals surface area contributed by atoms with Gasteiger partial charge in [-0.15, -0.1) is 0 Å². The van der Waals surface area contributed by atoms with Gasteiger partial charge in [0.1, 0.15) is 6.10 Å². The molecular formula is C18H26N2O3. The summed E-state index contributed by atoms with van der Waals surface area (Å²) in [6.45, 7) is 8.17. The highest BCUT2D eigenvalue weighted by molar-refractivity contribution is 5.82. The zero-order valence-electron chi connectivity index (χ0n) is 14.0. The Morgan fingerprint density at radius 1 is 1.22 bits per heavy atom. The first-order valence-corrected chi connectivity index (χ1v) is 8.59. The molecule has 3 rings (SSSR count). The molecule has 2 aliphatic heterocycles. The first-order valence-electron chi connectivity index (χ1n) is 8.59. The number of nitrogens with zero attached hydrogens (tertiary/aromatic N) is 1. The number of benzene rings is 1. The van der Waals surface area contributed by atoms with Crippen LogP contribution in [-0.4, -0.2) is 49.2 Å². The second-order valence-corrected chi connectivity index (χ2v) is 6.43. The minimum Gasteiger partial charge on any atom is -0.482 e. The Labute approximate surface area is 137 Å². The highest BCUT2D eigenvalue weighted by Gasteiger charge is 2.34. The third-order valence-corrected chi connectivity index (χ3v) is 4.82. The van der Waals surface area contributed by atoms with Gasteiger partial charge < -0.3 is 19.7 Å². The highest BCUT2D eigenvalue weighted by Crippen LogP contribution is 2.33. The predicted octanol–water partition coefficient (Wildman–Crippen LogP) is 2.06. The summed E-state index contributed by atoms with van der Waals surface area (Å²) in [6, 6.07) is 7.48. The summed E-state index contributed by atoms with van der Waals surface area (Å²) in [6.07, 6.45) is 1.43. The third kappa shape index (κ3) is 3.78. The van der Waals surface area contributed by atoms with Crippen molar-refractivity contribution in [3.63, 3.8) is 0 Å². The van der Waals surface area contributed by atoms with Crippen LogP contribution in [0.25, 0.3) is 0 Å². The second-order valence-electron chi connectivity index (χ2n) is 6.43. The maximum atomic E-state index is 12.5. The third-order valence-electron chi connectivity index (χ3n) is 4.82. The van der Waals surface area contributed by atoms with Crippen molar-refractivity contribution < 1.29 is 14.3 Å². The molecule has 2 aliphatic rings. The topological polar surface area (TPSA) is 50.8 Å². The molecule has 1 aromatic rings. The van der Waals surface area contributed by atoms with Crippen molar-refractivity contribution in [1.29, 1.82) is 0 Å². The molecule has 0 aliphatic carbocycles. The van der Waals surface area contributed by atoms with Crippen LogP contribution < -0.4 is 14.8 Å². The van der Waals surface area contributed by atoms with Crippen LogP contribution in [-0.2, 0) is 4.79 Å². The number of fused-ring (bicyclic) bond motifs is 1. The number of para-hydroxylation sites is 2. The number of likely N-dealkylation sites (tertiary alicyclic amines) is 1. The molecule has 0 radical (unpaired) electrons. The van der Waals surface area contributed by atoms with E-state index in [1.54, 1.807) is 0 Å². The molecule has 0 spiro atoms. The SMILES string of the molecule is CCN1CCC(CNC(=O)C2Oc3ccccc3OC2C)CC1. The van der Waals surface area contributed by atoms with Gasteiger partial charge in [0.25, 0.3) is 5.91 Å². The summed E-state index contributed by atoms with van der Waals surface area (Å²) in [5, 5.41) is 3.05. The van der Waals surface area contributed by atoms with E-state index in [1.807, 2.05) is 31.2 Å². The van der Waals surface area contributed by atoms with Gasteiger partial charge in [0.2, 0.25) is 6.10 Å². The zero-order chi connectivity index (χ0) is 16.2. The molecule has 2 unspecified atom stereocenters. The van der Waals surface area contributed by atoms with E-state index in [1.165, 1.54) is 0 Å². The largest absolute Gasteiger partial charge is 0.482 e. The number of piperidine rings is 1. The lowest BCUT2D eigenvalue weighted by molar-refractivity contribution is -0.133. The Kier molecular flexibility index (Phi) is 5.06. The Morgan fingerprint density at radius 2 is 1.87 bits per heavy atom. The maximum absolute atomic E-state index is 12.5. The minimum atomic E-state index is -0.583.